The second-order valence-corrected chi connectivity index (χ2v) is 6.53. The molecule has 0 radical (unpaired) electrons. The third-order valence-corrected chi connectivity index (χ3v) is 4.32. The molecule has 2 nitrogen and oxygen atoms in total. The van der Waals surface area contributed by atoms with Crippen LogP contribution in [0.15, 0.2) is 34.8 Å². The Morgan fingerprint density at radius 2 is 2.17 bits per heavy atom. The highest BCUT2D eigenvalue weighted by Gasteiger charge is 2.15. The van der Waals surface area contributed by atoms with E-state index in [1.165, 1.54) is 11.3 Å². The Balaban J connectivity index is 2.20. The predicted octanol–water partition coefficient (Wildman–Crippen LogP) is 4.45. The fourth-order valence-corrected chi connectivity index (χ4v) is 3.19. The molecule has 1 unspecified atom stereocenters. The number of thiophene rings is 1. The van der Waals surface area contributed by atoms with E-state index in [-0.39, 0.29) is 0 Å². The summed E-state index contributed by atoms with van der Waals surface area (Å²) in [5.41, 5.74) is 0.783. The van der Waals surface area contributed by atoms with Gasteiger partial charge >= 0.3 is 0 Å². The molecule has 5 heteroatoms. The molecule has 1 atom stereocenters. The highest BCUT2D eigenvalue weighted by atomic mass is 79.9. The minimum Gasteiger partial charge on any atom is -0.496 e. The molecule has 2 aromatic rings. The lowest BCUT2D eigenvalue weighted by Gasteiger charge is -2.14. The first-order chi connectivity index (χ1) is 8.60. The number of ether oxygens (including phenoxy) is 1. The summed E-state index contributed by atoms with van der Waals surface area (Å²) < 4.78 is 6.94. The van der Waals surface area contributed by atoms with Gasteiger partial charge in [-0.25, -0.2) is 0 Å². The Labute approximate surface area is 123 Å². The van der Waals surface area contributed by atoms with Gasteiger partial charge in [-0.15, -0.1) is 11.3 Å². The largest absolute Gasteiger partial charge is 0.496 e. The van der Waals surface area contributed by atoms with Gasteiger partial charge in [0.25, 0.3) is 0 Å². The van der Waals surface area contributed by atoms with E-state index < -0.39 is 6.10 Å². The van der Waals surface area contributed by atoms with Crippen LogP contribution in [-0.2, 0) is 6.42 Å². The molecule has 0 aliphatic carbocycles. The lowest BCUT2D eigenvalue weighted by Crippen LogP contribution is -2.03. The van der Waals surface area contributed by atoms with Crippen molar-refractivity contribution in [2.24, 2.45) is 0 Å². The van der Waals surface area contributed by atoms with Crippen LogP contribution in [0.4, 0.5) is 0 Å². The Kier molecular flexibility index (Phi) is 4.67. The first-order valence-electron chi connectivity index (χ1n) is 5.36. The van der Waals surface area contributed by atoms with Crippen LogP contribution in [0.3, 0.4) is 0 Å². The van der Waals surface area contributed by atoms with E-state index in [4.69, 9.17) is 16.3 Å². The first kappa shape index (κ1) is 13.9. The Morgan fingerprint density at radius 1 is 1.39 bits per heavy atom. The number of methoxy groups -OCH3 is 1. The summed E-state index contributed by atoms with van der Waals surface area (Å²) in [7, 11) is 1.60. The summed E-state index contributed by atoms with van der Waals surface area (Å²) >= 11 is 10.7. The van der Waals surface area contributed by atoms with Gasteiger partial charge in [0.05, 0.1) is 17.6 Å². The zero-order valence-corrected chi connectivity index (χ0v) is 12.8. The normalized spacial score (nSPS) is 12.4. The quantitative estimate of drug-likeness (QED) is 0.885. The van der Waals surface area contributed by atoms with Crippen molar-refractivity contribution < 1.29 is 9.84 Å². The second kappa shape index (κ2) is 6.06. The first-order valence-corrected chi connectivity index (χ1v) is 7.34. The van der Waals surface area contributed by atoms with Crippen molar-refractivity contribution in [1.82, 2.24) is 0 Å². The number of hydrogen-bond donors (Lipinski definition) is 1. The van der Waals surface area contributed by atoms with Crippen molar-refractivity contribution in [2.45, 2.75) is 12.5 Å². The number of benzene rings is 1. The van der Waals surface area contributed by atoms with Gasteiger partial charge in [-0.2, -0.15) is 0 Å². The van der Waals surface area contributed by atoms with Crippen molar-refractivity contribution in [2.75, 3.05) is 7.11 Å². The molecule has 0 fully saturated rings. The molecule has 0 saturated carbocycles. The highest BCUT2D eigenvalue weighted by molar-refractivity contribution is 9.10. The summed E-state index contributed by atoms with van der Waals surface area (Å²) in [6.07, 6.45) is -0.0576. The van der Waals surface area contributed by atoms with Gasteiger partial charge in [-0.1, -0.05) is 33.6 Å². The van der Waals surface area contributed by atoms with E-state index in [1.54, 1.807) is 7.11 Å². The molecule has 18 heavy (non-hydrogen) atoms. The van der Waals surface area contributed by atoms with Crippen LogP contribution in [0.1, 0.15) is 16.5 Å². The number of hydrogen-bond acceptors (Lipinski definition) is 3. The molecule has 0 bridgehead atoms. The maximum absolute atomic E-state index is 10.3. The zero-order chi connectivity index (χ0) is 13.1. The van der Waals surface area contributed by atoms with E-state index in [2.05, 4.69) is 15.9 Å². The average Bonchev–Trinajstić information content (AvgIpc) is 2.74. The summed E-state index contributed by atoms with van der Waals surface area (Å²) in [5, 5.41) is 10.3. The molecule has 2 rings (SSSR count). The van der Waals surface area contributed by atoms with Gasteiger partial charge < -0.3 is 9.84 Å². The van der Waals surface area contributed by atoms with Crippen molar-refractivity contribution in [1.29, 1.82) is 0 Å². The van der Waals surface area contributed by atoms with Crippen molar-refractivity contribution in [3.63, 3.8) is 0 Å². The fraction of sp³-hybridized carbons (Fsp3) is 0.231. The number of aliphatic hydroxyl groups excluding tert-OH is 1. The molecule has 96 valence electrons. The molecule has 0 amide bonds. The molecule has 0 saturated heterocycles. The smallest absolute Gasteiger partial charge is 0.125 e. The van der Waals surface area contributed by atoms with E-state index >= 15 is 0 Å². The molecule has 1 aromatic heterocycles. The monoisotopic (exact) mass is 346 g/mol. The van der Waals surface area contributed by atoms with E-state index in [1.807, 2.05) is 30.3 Å². The lowest BCUT2D eigenvalue weighted by molar-refractivity contribution is 0.175. The van der Waals surface area contributed by atoms with Crippen LogP contribution in [0.5, 0.6) is 5.75 Å². The summed E-state index contributed by atoms with van der Waals surface area (Å²) in [5.74, 6) is 0.680. The van der Waals surface area contributed by atoms with Crippen molar-refractivity contribution >= 4 is 38.9 Å². The lowest BCUT2D eigenvalue weighted by atomic mass is 10.0. The van der Waals surface area contributed by atoms with Gasteiger partial charge in [0.15, 0.2) is 0 Å². The van der Waals surface area contributed by atoms with Gasteiger partial charge in [-0.3, -0.25) is 0 Å². The van der Waals surface area contributed by atoms with Gasteiger partial charge in [0.2, 0.25) is 0 Å². The van der Waals surface area contributed by atoms with Crippen LogP contribution in [0.2, 0.25) is 4.34 Å². The van der Waals surface area contributed by atoms with Crippen LogP contribution in [0.25, 0.3) is 0 Å². The Morgan fingerprint density at radius 3 is 2.78 bits per heavy atom. The standard InChI is InChI=1S/C13H12BrClO2S/c1-17-12-6-8(14)2-4-10(12)11(16)7-9-3-5-13(15)18-9/h2-6,11,16H,7H2,1H3. The molecule has 0 spiro atoms. The molecule has 1 N–H and O–H groups in total. The zero-order valence-electron chi connectivity index (χ0n) is 9.69. The summed E-state index contributed by atoms with van der Waals surface area (Å²) in [4.78, 5) is 1.05. The summed E-state index contributed by atoms with van der Waals surface area (Å²) in [6, 6.07) is 9.37. The maximum atomic E-state index is 10.3. The van der Waals surface area contributed by atoms with E-state index in [0.717, 1.165) is 19.2 Å². The molecular formula is C13H12BrClO2S. The number of halogens is 2. The minimum atomic E-state index is -0.595. The topological polar surface area (TPSA) is 29.5 Å². The molecule has 0 aliphatic rings. The van der Waals surface area contributed by atoms with E-state index in [9.17, 15) is 5.11 Å². The Hall–Kier alpha value is -0.550. The maximum Gasteiger partial charge on any atom is 0.125 e. The number of rotatable bonds is 4. The third kappa shape index (κ3) is 3.26. The Bertz CT molecular complexity index is 542. The van der Waals surface area contributed by atoms with E-state index in [0.29, 0.717) is 12.2 Å². The van der Waals surface area contributed by atoms with Crippen molar-refractivity contribution in [3.05, 3.63) is 49.6 Å². The van der Waals surface area contributed by atoms with Crippen LogP contribution in [-0.4, -0.2) is 12.2 Å². The molecular weight excluding hydrogens is 336 g/mol. The average molecular weight is 348 g/mol. The van der Waals surface area contributed by atoms with Crippen molar-refractivity contribution in [3.8, 4) is 5.75 Å². The van der Waals surface area contributed by atoms with Gasteiger partial charge in [0.1, 0.15) is 5.75 Å². The predicted molar refractivity (Wildman–Crippen MR) is 78.7 cm³/mol. The SMILES string of the molecule is COc1cc(Br)ccc1C(O)Cc1ccc(Cl)s1. The number of aliphatic hydroxyl groups is 1. The van der Waals surface area contributed by atoms with Gasteiger partial charge in [-0.05, 0) is 24.3 Å². The third-order valence-electron chi connectivity index (χ3n) is 2.58. The minimum absolute atomic E-state index is 0.537. The highest BCUT2D eigenvalue weighted by Crippen LogP contribution is 2.32. The van der Waals surface area contributed by atoms with Crippen LogP contribution >= 0.6 is 38.9 Å². The fourth-order valence-electron chi connectivity index (χ4n) is 1.72. The molecule has 1 heterocycles. The van der Waals surface area contributed by atoms with Gasteiger partial charge in [0, 0.05) is 21.3 Å². The summed E-state index contributed by atoms with van der Waals surface area (Å²) in [6.45, 7) is 0. The second-order valence-electron chi connectivity index (χ2n) is 3.81. The van der Waals surface area contributed by atoms with Crippen LogP contribution in [0, 0.1) is 0 Å². The molecule has 1 aromatic carbocycles. The van der Waals surface area contributed by atoms with Crippen LogP contribution < -0.4 is 4.74 Å². The molecule has 0 aliphatic heterocycles.